The minimum Gasteiger partial charge on any atom is -0.337 e. The van der Waals surface area contributed by atoms with Crippen LogP contribution in [0.5, 0.6) is 0 Å². The minimum atomic E-state index is 0.587. The number of benzene rings is 1. The monoisotopic (exact) mass is 178 g/mol. The molecule has 0 atom stereocenters. The smallest absolute Gasteiger partial charge is 0.108 e. The molecule has 0 bridgehead atoms. The highest BCUT2D eigenvalue weighted by Gasteiger charge is 2.00. The van der Waals surface area contributed by atoms with Crippen molar-refractivity contribution in [2.45, 2.75) is 0 Å². The summed E-state index contributed by atoms with van der Waals surface area (Å²) in [6, 6.07) is 7.82. The average Bonchev–Trinajstić information content (AvgIpc) is 2.25. The molecule has 1 aromatic rings. The molecule has 0 fully saturated rings. The summed E-state index contributed by atoms with van der Waals surface area (Å²) in [7, 11) is 0. The Balaban J connectivity index is 2.58. The second-order valence-corrected chi connectivity index (χ2v) is 2.86. The van der Waals surface area contributed by atoms with Crippen LogP contribution in [0.25, 0.3) is 6.08 Å². The summed E-state index contributed by atoms with van der Waals surface area (Å²) in [6.45, 7) is 0. The molecular weight excluding hydrogens is 172 g/mol. The van der Waals surface area contributed by atoms with Crippen LogP contribution in [-0.2, 0) is 0 Å². The number of nitrogens with one attached hydrogen (secondary N) is 1. The lowest BCUT2D eigenvalue weighted by Crippen LogP contribution is -2.03. The molecule has 0 saturated heterocycles. The first-order valence-corrected chi connectivity index (χ1v) is 3.99. The number of para-hydroxylation sites is 1. The summed E-state index contributed by atoms with van der Waals surface area (Å²) >= 11 is 5.81. The standard InChI is InChI=1S/C9H7ClN2/c10-9-5-7-3-1-2-4-8(7)11-6-12-9/h1-6H,(H,11,12). The maximum Gasteiger partial charge on any atom is 0.108 e. The molecule has 0 aromatic heterocycles. The summed E-state index contributed by atoms with van der Waals surface area (Å²) < 4.78 is 0. The van der Waals surface area contributed by atoms with E-state index in [4.69, 9.17) is 11.6 Å². The van der Waals surface area contributed by atoms with Crippen molar-refractivity contribution in [3.8, 4) is 0 Å². The number of fused-ring (bicyclic) bond motifs is 1. The minimum absolute atomic E-state index is 0.587. The van der Waals surface area contributed by atoms with Crippen LogP contribution in [0, 0.1) is 0 Å². The highest BCUT2D eigenvalue weighted by molar-refractivity contribution is 6.32. The van der Waals surface area contributed by atoms with Gasteiger partial charge in [-0.1, -0.05) is 29.8 Å². The molecule has 3 heteroatoms. The predicted octanol–water partition coefficient (Wildman–Crippen LogP) is 2.49. The lowest BCUT2D eigenvalue weighted by atomic mass is 10.2. The fourth-order valence-electron chi connectivity index (χ4n) is 1.07. The van der Waals surface area contributed by atoms with E-state index in [0.717, 1.165) is 11.3 Å². The van der Waals surface area contributed by atoms with Gasteiger partial charge in [-0.3, -0.25) is 0 Å². The van der Waals surface area contributed by atoms with Gasteiger partial charge in [0.1, 0.15) is 5.16 Å². The van der Waals surface area contributed by atoms with Gasteiger partial charge < -0.3 is 5.32 Å². The molecule has 1 N–H and O–H groups in total. The van der Waals surface area contributed by atoms with Crippen molar-refractivity contribution in [1.29, 1.82) is 0 Å². The van der Waals surface area contributed by atoms with Crippen molar-refractivity contribution in [2.75, 3.05) is 0 Å². The number of halogens is 1. The fourth-order valence-corrected chi connectivity index (χ4v) is 1.24. The van der Waals surface area contributed by atoms with Crippen LogP contribution in [0.1, 0.15) is 5.56 Å². The number of hydrogen-bond acceptors (Lipinski definition) is 2. The van der Waals surface area contributed by atoms with Crippen LogP contribution in [-0.4, -0.2) is 6.34 Å². The highest BCUT2D eigenvalue weighted by Crippen LogP contribution is 2.22. The topological polar surface area (TPSA) is 24.4 Å². The zero-order valence-corrected chi connectivity index (χ0v) is 7.05. The Bertz CT molecular complexity index is 355. The average molecular weight is 179 g/mol. The maximum atomic E-state index is 5.81. The molecule has 2 rings (SSSR count). The van der Waals surface area contributed by atoms with Crippen LogP contribution in [0.15, 0.2) is 34.4 Å². The van der Waals surface area contributed by atoms with Gasteiger partial charge in [0.2, 0.25) is 0 Å². The number of nitrogens with zero attached hydrogens (tertiary/aromatic N) is 1. The molecule has 1 aliphatic rings. The van der Waals surface area contributed by atoms with E-state index < -0.39 is 0 Å². The highest BCUT2D eigenvalue weighted by atomic mass is 35.5. The molecule has 60 valence electrons. The van der Waals surface area contributed by atoms with Crippen molar-refractivity contribution in [1.82, 2.24) is 5.32 Å². The van der Waals surface area contributed by atoms with E-state index in [9.17, 15) is 0 Å². The van der Waals surface area contributed by atoms with Gasteiger partial charge in [-0.25, -0.2) is 4.99 Å². The quantitative estimate of drug-likeness (QED) is 0.607. The third kappa shape index (κ3) is 1.34. The van der Waals surface area contributed by atoms with Gasteiger partial charge in [0, 0.05) is 5.56 Å². The Morgan fingerprint density at radius 2 is 2.08 bits per heavy atom. The largest absolute Gasteiger partial charge is 0.337 e. The third-order valence-electron chi connectivity index (χ3n) is 1.63. The summed E-state index contributed by atoms with van der Waals surface area (Å²) in [5.41, 5.74) is 1.96. The first-order valence-electron chi connectivity index (χ1n) is 3.61. The van der Waals surface area contributed by atoms with Crippen molar-refractivity contribution in [2.24, 2.45) is 4.99 Å². The van der Waals surface area contributed by atoms with E-state index in [1.54, 1.807) is 6.34 Å². The number of aliphatic imine (C=N–C) groups is 1. The summed E-state index contributed by atoms with van der Waals surface area (Å²) in [5.74, 6) is 0. The Kier molecular flexibility index (Phi) is 1.84. The normalized spacial score (nSPS) is 14.2. The van der Waals surface area contributed by atoms with Gasteiger partial charge in [-0.05, 0) is 12.1 Å². The van der Waals surface area contributed by atoms with Gasteiger partial charge in [0.15, 0.2) is 0 Å². The Morgan fingerprint density at radius 1 is 1.25 bits per heavy atom. The van der Waals surface area contributed by atoms with Gasteiger partial charge in [-0.15, -0.1) is 0 Å². The maximum absolute atomic E-state index is 5.81. The zero-order chi connectivity index (χ0) is 8.39. The molecule has 1 heterocycles. The van der Waals surface area contributed by atoms with E-state index >= 15 is 0 Å². The number of rotatable bonds is 0. The third-order valence-corrected chi connectivity index (χ3v) is 1.84. The van der Waals surface area contributed by atoms with E-state index in [0.29, 0.717) is 5.16 Å². The van der Waals surface area contributed by atoms with Crippen LogP contribution in [0.3, 0.4) is 0 Å². The molecule has 1 aromatic carbocycles. The molecule has 2 nitrogen and oxygen atoms in total. The van der Waals surface area contributed by atoms with Gasteiger partial charge in [0.25, 0.3) is 0 Å². The zero-order valence-electron chi connectivity index (χ0n) is 6.29. The van der Waals surface area contributed by atoms with Crippen LogP contribution in [0.2, 0.25) is 0 Å². The Hall–Kier alpha value is -1.28. The molecule has 12 heavy (non-hydrogen) atoms. The van der Waals surface area contributed by atoms with Crippen molar-refractivity contribution < 1.29 is 0 Å². The van der Waals surface area contributed by atoms with E-state index in [1.807, 2.05) is 30.3 Å². The van der Waals surface area contributed by atoms with Crippen LogP contribution in [0.4, 0.5) is 5.69 Å². The molecule has 0 saturated carbocycles. The second-order valence-electron chi connectivity index (χ2n) is 2.45. The first kappa shape index (κ1) is 7.37. The van der Waals surface area contributed by atoms with E-state index in [2.05, 4.69) is 10.3 Å². The fraction of sp³-hybridized carbons (Fsp3) is 0. The molecule has 0 spiro atoms. The van der Waals surface area contributed by atoms with Crippen LogP contribution < -0.4 is 5.32 Å². The molecule has 1 aliphatic heterocycles. The van der Waals surface area contributed by atoms with Gasteiger partial charge in [-0.2, -0.15) is 0 Å². The lowest BCUT2D eigenvalue weighted by molar-refractivity contribution is 1.30. The second kappa shape index (κ2) is 2.99. The Labute approximate surface area is 75.6 Å². The van der Waals surface area contributed by atoms with Crippen molar-refractivity contribution >= 4 is 29.7 Å². The molecule has 0 radical (unpaired) electrons. The molecule has 0 aliphatic carbocycles. The van der Waals surface area contributed by atoms with Crippen molar-refractivity contribution in [3.05, 3.63) is 35.0 Å². The van der Waals surface area contributed by atoms with Crippen LogP contribution >= 0.6 is 11.6 Å². The molecule has 0 amide bonds. The molecular formula is C9H7ClN2. The summed E-state index contributed by atoms with van der Waals surface area (Å²) in [5, 5.41) is 3.41. The van der Waals surface area contributed by atoms with Crippen molar-refractivity contribution in [3.63, 3.8) is 0 Å². The Morgan fingerprint density at radius 3 is 3.00 bits per heavy atom. The first-order chi connectivity index (χ1) is 5.86. The van der Waals surface area contributed by atoms with Gasteiger partial charge >= 0.3 is 0 Å². The summed E-state index contributed by atoms with van der Waals surface area (Å²) in [4.78, 5) is 4.16. The summed E-state index contributed by atoms with van der Waals surface area (Å²) in [6.07, 6.45) is 3.44. The predicted molar refractivity (Wildman–Crippen MR) is 51.6 cm³/mol. The van der Waals surface area contributed by atoms with E-state index in [1.165, 1.54) is 0 Å². The van der Waals surface area contributed by atoms with Gasteiger partial charge in [0.05, 0.1) is 12.0 Å². The van der Waals surface area contributed by atoms with E-state index in [-0.39, 0.29) is 0 Å². The molecule has 0 unspecified atom stereocenters. The number of hydrogen-bond donors (Lipinski definition) is 1. The SMILES string of the molecule is ClC1=Cc2ccccc2N=CN1. The lowest BCUT2D eigenvalue weighted by Gasteiger charge is -1.95.